The number of hydrogen-bond donors (Lipinski definition) is 1. The maximum absolute atomic E-state index is 5.98. The number of nitrogen functional groups attached to an aromatic ring is 1. The zero-order valence-electron chi connectivity index (χ0n) is 9.06. The molecule has 88 valence electrons. The standard InChI is InChI=1S/C11H10BrClN4/c1-7-6-17(11(14)16-7)15-5-8-2-3-9(12)10(13)4-8/h2-6H,1H3,(H2,14,16). The van der Waals surface area contributed by atoms with Gasteiger partial charge in [-0.25, -0.2) is 9.66 Å². The summed E-state index contributed by atoms with van der Waals surface area (Å²) in [7, 11) is 0. The minimum absolute atomic E-state index is 0.363. The van der Waals surface area contributed by atoms with Crippen LogP contribution in [-0.4, -0.2) is 15.9 Å². The van der Waals surface area contributed by atoms with Gasteiger partial charge in [-0.15, -0.1) is 0 Å². The van der Waals surface area contributed by atoms with Gasteiger partial charge in [-0.3, -0.25) is 0 Å². The van der Waals surface area contributed by atoms with Gasteiger partial charge in [-0.1, -0.05) is 17.7 Å². The second kappa shape index (κ2) is 4.89. The van der Waals surface area contributed by atoms with E-state index in [4.69, 9.17) is 17.3 Å². The summed E-state index contributed by atoms with van der Waals surface area (Å²) in [5.41, 5.74) is 7.38. The minimum Gasteiger partial charge on any atom is -0.368 e. The molecule has 0 amide bonds. The quantitative estimate of drug-likeness (QED) is 0.866. The van der Waals surface area contributed by atoms with Gasteiger partial charge in [0.25, 0.3) is 0 Å². The van der Waals surface area contributed by atoms with Crippen molar-refractivity contribution in [1.29, 1.82) is 0 Å². The summed E-state index contributed by atoms with van der Waals surface area (Å²) in [6.07, 6.45) is 3.43. The molecule has 1 heterocycles. The van der Waals surface area contributed by atoms with Gasteiger partial charge in [0, 0.05) is 4.47 Å². The van der Waals surface area contributed by atoms with Gasteiger partial charge >= 0.3 is 0 Å². The predicted molar refractivity (Wildman–Crippen MR) is 73.5 cm³/mol. The third-order valence-electron chi connectivity index (χ3n) is 2.11. The molecule has 0 atom stereocenters. The van der Waals surface area contributed by atoms with Gasteiger partial charge in [0.1, 0.15) is 0 Å². The lowest BCUT2D eigenvalue weighted by Crippen LogP contribution is -1.96. The molecular weight excluding hydrogens is 304 g/mol. The Labute approximate surface area is 112 Å². The van der Waals surface area contributed by atoms with Crippen LogP contribution in [-0.2, 0) is 0 Å². The zero-order chi connectivity index (χ0) is 12.4. The first kappa shape index (κ1) is 12.1. The van der Waals surface area contributed by atoms with Crippen molar-refractivity contribution in [3.8, 4) is 0 Å². The molecular formula is C11H10BrClN4. The lowest BCUT2D eigenvalue weighted by atomic mass is 10.2. The van der Waals surface area contributed by atoms with E-state index in [1.807, 2.05) is 25.1 Å². The molecule has 2 N–H and O–H groups in total. The molecule has 0 aliphatic rings. The van der Waals surface area contributed by atoms with Crippen LogP contribution in [0.25, 0.3) is 0 Å². The van der Waals surface area contributed by atoms with Gasteiger partial charge in [0.15, 0.2) is 0 Å². The Morgan fingerprint density at radius 2 is 2.29 bits per heavy atom. The van der Waals surface area contributed by atoms with E-state index in [0.717, 1.165) is 15.7 Å². The van der Waals surface area contributed by atoms with Crippen LogP contribution in [0.3, 0.4) is 0 Å². The van der Waals surface area contributed by atoms with Crippen molar-refractivity contribution in [1.82, 2.24) is 9.66 Å². The molecule has 17 heavy (non-hydrogen) atoms. The van der Waals surface area contributed by atoms with Crippen LogP contribution in [0.4, 0.5) is 5.95 Å². The van der Waals surface area contributed by atoms with Crippen LogP contribution < -0.4 is 5.73 Å². The molecule has 0 fully saturated rings. The molecule has 0 bridgehead atoms. The van der Waals surface area contributed by atoms with Crippen molar-refractivity contribution in [2.45, 2.75) is 6.92 Å². The molecule has 2 aromatic rings. The van der Waals surface area contributed by atoms with Gasteiger partial charge in [0.05, 0.1) is 23.1 Å². The van der Waals surface area contributed by atoms with E-state index in [0.29, 0.717) is 11.0 Å². The van der Waals surface area contributed by atoms with Crippen molar-refractivity contribution in [3.63, 3.8) is 0 Å². The zero-order valence-corrected chi connectivity index (χ0v) is 11.4. The average Bonchev–Trinajstić information content (AvgIpc) is 2.59. The highest BCUT2D eigenvalue weighted by molar-refractivity contribution is 9.10. The van der Waals surface area contributed by atoms with Crippen LogP contribution in [0.15, 0.2) is 34.0 Å². The first-order chi connectivity index (χ1) is 8.06. The summed E-state index contributed by atoms with van der Waals surface area (Å²) in [4.78, 5) is 4.05. The van der Waals surface area contributed by atoms with Crippen molar-refractivity contribution in [2.75, 3.05) is 5.73 Å². The molecule has 0 aliphatic heterocycles. The minimum atomic E-state index is 0.363. The van der Waals surface area contributed by atoms with Crippen molar-refractivity contribution in [3.05, 3.63) is 45.1 Å². The van der Waals surface area contributed by atoms with Crippen molar-refractivity contribution >= 4 is 39.7 Å². The molecule has 6 heteroatoms. The smallest absolute Gasteiger partial charge is 0.221 e. The Kier molecular flexibility index (Phi) is 3.49. The van der Waals surface area contributed by atoms with Crippen LogP contribution in [0.1, 0.15) is 11.3 Å². The van der Waals surface area contributed by atoms with E-state index in [1.54, 1.807) is 12.4 Å². The summed E-state index contributed by atoms with van der Waals surface area (Å²) in [5.74, 6) is 0.363. The fraction of sp³-hybridized carbons (Fsp3) is 0.0909. The number of anilines is 1. The highest BCUT2D eigenvalue weighted by Gasteiger charge is 1.99. The van der Waals surface area contributed by atoms with Gasteiger partial charge in [-0.05, 0) is 40.5 Å². The Morgan fingerprint density at radius 3 is 2.88 bits per heavy atom. The molecule has 0 aliphatic carbocycles. The Balaban J connectivity index is 2.26. The second-order valence-corrected chi connectivity index (χ2v) is 4.76. The van der Waals surface area contributed by atoms with Crippen LogP contribution in [0.2, 0.25) is 5.02 Å². The summed E-state index contributed by atoms with van der Waals surface area (Å²) >= 11 is 9.31. The highest BCUT2D eigenvalue weighted by Crippen LogP contribution is 2.22. The molecule has 0 unspecified atom stereocenters. The maximum Gasteiger partial charge on any atom is 0.221 e. The van der Waals surface area contributed by atoms with Crippen molar-refractivity contribution in [2.24, 2.45) is 5.10 Å². The predicted octanol–water partition coefficient (Wildman–Crippen LogP) is 3.07. The fourth-order valence-corrected chi connectivity index (χ4v) is 1.75. The van der Waals surface area contributed by atoms with Crippen LogP contribution in [0.5, 0.6) is 0 Å². The second-order valence-electron chi connectivity index (χ2n) is 3.50. The third-order valence-corrected chi connectivity index (χ3v) is 3.34. The lowest BCUT2D eigenvalue weighted by molar-refractivity contribution is 0.897. The number of aromatic nitrogens is 2. The van der Waals surface area contributed by atoms with Crippen LogP contribution >= 0.6 is 27.5 Å². The number of nitrogens with two attached hydrogens (primary N) is 1. The Morgan fingerprint density at radius 1 is 1.53 bits per heavy atom. The van der Waals surface area contributed by atoms with E-state index in [-0.39, 0.29) is 0 Å². The first-order valence-corrected chi connectivity index (χ1v) is 6.04. The molecule has 4 nitrogen and oxygen atoms in total. The molecule has 0 spiro atoms. The number of rotatable bonds is 2. The monoisotopic (exact) mass is 312 g/mol. The number of halogens is 2. The summed E-state index contributed by atoms with van der Waals surface area (Å²) in [6.45, 7) is 1.86. The van der Waals surface area contributed by atoms with Gasteiger partial charge in [0.2, 0.25) is 5.95 Å². The van der Waals surface area contributed by atoms with Gasteiger partial charge in [-0.2, -0.15) is 5.10 Å². The third kappa shape index (κ3) is 2.87. The highest BCUT2D eigenvalue weighted by atomic mass is 79.9. The average molecular weight is 314 g/mol. The first-order valence-electron chi connectivity index (χ1n) is 4.87. The Bertz CT molecular complexity index is 577. The maximum atomic E-state index is 5.98. The SMILES string of the molecule is Cc1cn(N=Cc2ccc(Br)c(Cl)c2)c(N)n1. The van der Waals surface area contributed by atoms with E-state index < -0.39 is 0 Å². The molecule has 0 saturated heterocycles. The molecule has 1 aromatic heterocycles. The molecule has 2 rings (SSSR count). The number of hydrogen-bond acceptors (Lipinski definition) is 3. The van der Waals surface area contributed by atoms with E-state index in [1.165, 1.54) is 4.68 Å². The van der Waals surface area contributed by atoms with E-state index in [2.05, 4.69) is 26.0 Å². The Hall–Kier alpha value is -1.33. The van der Waals surface area contributed by atoms with E-state index >= 15 is 0 Å². The number of imidazole rings is 1. The van der Waals surface area contributed by atoms with Gasteiger partial charge < -0.3 is 5.73 Å². The largest absolute Gasteiger partial charge is 0.368 e. The molecule has 0 saturated carbocycles. The summed E-state index contributed by atoms with van der Waals surface area (Å²) in [6, 6.07) is 5.58. The van der Waals surface area contributed by atoms with Crippen LogP contribution in [0, 0.1) is 6.92 Å². The molecule has 1 aromatic carbocycles. The topological polar surface area (TPSA) is 56.2 Å². The number of nitrogens with zero attached hydrogens (tertiary/aromatic N) is 3. The van der Waals surface area contributed by atoms with E-state index in [9.17, 15) is 0 Å². The summed E-state index contributed by atoms with van der Waals surface area (Å²) < 4.78 is 2.37. The van der Waals surface area contributed by atoms with Crippen molar-refractivity contribution < 1.29 is 0 Å². The summed E-state index contributed by atoms with van der Waals surface area (Å²) in [5, 5.41) is 4.84. The number of benzene rings is 1. The lowest BCUT2D eigenvalue weighted by Gasteiger charge is -1.98. The fourth-order valence-electron chi connectivity index (χ4n) is 1.32. The normalized spacial score (nSPS) is 11.2. The molecule has 0 radical (unpaired) electrons. The number of aryl methyl sites for hydroxylation is 1.